The third-order valence-electron chi connectivity index (χ3n) is 2.12. The van der Waals surface area contributed by atoms with Gasteiger partial charge in [0.15, 0.2) is 0 Å². The van der Waals surface area contributed by atoms with Crippen LogP contribution >= 0.6 is 0 Å². The van der Waals surface area contributed by atoms with Gasteiger partial charge in [-0.2, -0.15) is 0 Å². The van der Waals surface area contributed by atoms with E-state index in [4.69, 9.17) is 5.11 Å². The summed E-state index contributed by atoms with van der Waals surface area (Å²) in [5.74, 6) is -0.595. The second-order valence-electron chi connectivity index (χ2n) is 3.14. The van der Waals surface area contributed by atoms with Gasteiger partial charge in [0.25, 0.3) is 0 Å². The Kier molecular flexibility index (Phi) is 2.36. The monoisotopic (exact) mass is 222 g/mol. The number of phenolic OH excluding ortho intramolecular Hbond substituents is 1. The number of carboxylic acid groups (broad SMARTS) is 1. The molecular formula is C11H7FO4. The Labute approximate surface area is 89.5 Å². The molecule has 4 nitrogen and oxygen atoms in total. The van der Waals surface area contributed by atoms with Gasteiger partial charge in [-0.05, 0) is 30.3 Å². The molecule has 0 radical (unpaired) electrons. The number of aromatic hydroxyl groups is 1. The Morgan fingerprint density at radius 1 is 1.19 bits per heavy atom. The number of hydrogen-bond acceptors (Lipinski definition) is 3. The number of halogens is 1. The smallest absolute Gasteiger partial charge is 0.507 e. The van der Waals surface area contributed by atoms with Crippen LogP contribution in [0.4, 0.5) is 9.18 Å². The molecule has 0 atom stereocenters. The Hall–Kier alpha value is -2.30. The average Bonchev–Trinajstić information content (AvgIpc) is 2.23. The van der Waals surface area contributed by atoms with E-state index in [0.29, 0.717) is 0 Å². The summed E-state index contributed by atoms with van der Waals surface area (Å²) in [6, 6.07) is 6.26. The van der Waals surface area contributed by atoms with Crippen molar-refractivity contribution < 1.29 is 24.1 Å². The zero-order valence-electron chi connectivity index (χ0n) is 7.98. The number of fused-ring (bicyclic) bond motifs is 1. The van der Waals surface area contributed by atoms with Crippen molar-refractivity contribution in [2.24, 2.45) is 0 Å². The van der Waals surface area contributed by atoms with Crippen LogP contribution in [0.3, 0.4) is 0 Å². The first-order chi connectivity index (χ1) is 7.58. The molecule has 0 aromatic heterocycles. The van der Waals surface area contributed by atoms with Gasteiger partial charge in [-0.15, -0.1) is 0 Å². The summed E-state index contributed by atoms with van der Waals surface area (Å²) in [7, 11) is 0. The lowest BCUT2D eigenvalue weighted by Gasteiger charge is -2.04. The maximum atomic E-state index is 13.3. The quantitative estimate of drug-likeness (QED) is 0.575. The predicted octanol–water partition coefficient (Wildman–Crippen LogP) is 2.74. The fourth-order valence-corrected chi connectivity index (χ4v) is 1.44. The number of ether oxygens (including phenoxy) is 1. The van der Waals surface area contributed by atoms with Crippen LogP contribution in [0.2, 0.25) is 0 Å². The molecule has 0 fully saturated rings. The lowest BCUT2D eigenvalue weighted by Crippen LogP contribution is -2.02. The molecule has 0 unspecified atom stereocenters. The third kappa shape index (κ3) is 1.75. The van der Waals surface area contributed by atoms with Gasteiger partial charge in [0.2, 0.25) is 0 Å². The Morgan fingerprint density at radius 2 is 1.94 bits per heavy atom. The van der Waals surface area contributed by atoms with Crippen LogP contribution in [0.25, 0.3) is 10.8 Å². The van der Waals surface area contributed by atoms with Crippen molar-refractivity contribution in [3.63, 3.8) is 0 Å². The molecule has 16 heavy (non-hydrogen) atoms. The van der Waals surface area contributed by atoms with E-state index in [2.05, 4.69) is 4.74 Å². The first kappa shape index (κ1) is 10.2. The minimum Gasteiger partial charge on any atom is -0.507 e. The normalized spacial score (nSPS) is 10.3. The maximum absolute atomic E-state index is 13.3. The Balaban J connectivity index is 2.61. The van der Waals surface area contributed by atoms with Gasteiger partial charge in [0.1, 0.15) is 17.3 Å². The lowest BCUT2D eigenvalue weighted by molar-refractivity contribution is 0.144. The van der Waals surface area contributed by atoms with Crippen LogP contribution in [0.1, 0.15) is 0 Å². The fraction of sp³-hybridized carbons (Fsp3) is 0. The standard InChI is InChI=1S/C11H7FO4/c12-9-3-4-10(13)8-5-6(16-11(14)15)1-2-7(8)9/h1-5,13H,(H,14,15). The van der Waals surface area contributed by atoms with E-state index < -0.39 is 12.0 Å². The van der Waals surface area contributed by atoms with Crippen molar-refractivity contribution in [1.82, 2.24) is 0 Å². The molecule has 5 heteroatoms. The van der Waals surface area contributed by atoms with Crippen LogP contribution in [-0.4, -0.2) is 16.4 Å². The van der Waals surface area contributed by atoms with E-state index in [1.54, 1.807) is 0 Å². The minimum absolute atomic E-state index is 0.0286. The van der Waals surface area contributed by atoms with Crippen LogP contribution in [0.5, 0.6) is 11.5 Å². The zero-order valence-corrected chi connectivity index (χ0v) is 7.98. The average molecular weight is 222 g/mol. The van der Waals surface area contributed by atoms with Gasteiger partial charge in [0, 0.05) is 10.8 Å². The van der Waals surface area contributed by atoms with Gasteiger partial charge >= 0.3 is 6.16 Å². The number of carbonyl (C=O) groups is 1. The van der Waals surface area contributed by atoms with Crippen LogP contribution < -0.4 is 4.74 Å². The maximum Gasteiger partial charge on any atom is 0.511 e. The van der Waals surface area contributed by atoms with Gasteiger partial charge < -0.3 is 14.9 Å². The van der Waals surface area contributed by atoms with Crippen LogP contribution in [-0.2, 0) is 0 Å². The molecule has 0 heterocycles. The number of benzene rings is 2. The molecule has 2 aromatic carbocycles. The number of rotatable bonds is 1. The van der Waals surface area contributed by atoms with Crippen molar-refractivity contribution in [2.75, 3.05) is 0 Å². The molecule has 0 amide bonds. The lowest BCUT2D eigenvalue weighted by atomic mass is 10.1. The van der Waals surface area contributed by atoms with E-state index in [-0.39, 0.29) is 22.3 Å². The van der Waals surface area contributed by atoms with Crippen LogP contribution in [0.15, 0.2) is 30.3 Å². The molecule has 82 valence electrons. The molecule has 0 aliphatic carbocycles. The van der Waals surface area contributed by atoms with Gasteiger partial charge in [-0.25, -0.2) is 9.18 Å². The summed E-state index contributed by atoms with van der Waals surface area (Å²) < 4.78 is 17.7. The largest absolute Gasteiger partial charge is 0.511 e. The number of hydrogen-bond donors (Lipinski definition) is 2. The predicted molar refractivity (Wildman–Crippen MR) is 54.2 cm³/mol. The second kappa shape index (κ2) is 3.69. The van der Waals surface area contributed by atoms with Crippen molar-refractivity contribution in [1.29, 1.82) is 0 Å². The van der Waals surface area contributed by atoms with Crippen LogP contribution in [0, 0.1) is 5.82 Å². The summed E-state index contributed by atoms with van der Waals surface area (Å²) in [4.78, 5) is 10.3. The molecular weight excluding hydrogens is 215 g/mol. The zero-order chi connectivity index (χ0) is 11.7. The van der Waals surface area contributed by atoms with Crippen molar-refractivity contribution in [3.8, 4) is 11.5 Å². The first-order valence-corrected chi connectivity index (χ1v) is 4.40. The second-order valence-corrected chi connectivity index (χ2v) is 3.14. The highest BCUT2D eigenvalue weighted by molar-refractivity contribution is 5.90. The van der Waals surface area contributed by atoms with Crippen molar-refractivity contribution in [2.45, 2.75) is 0 Å². The first-order valence-electron chi connectivity index (χ1n) is 4.40. The summed E-state index contributed by atoms with van der Waals surface area (Å²) in [6.45, 7) is 0. The third-order valence-corrected chi connectivity index (χ3v) is 2.12. The molecule has 2 aromatic rings. The van der Waals surface area contributed by atoms with E-state index >= 15 is 0 Å². The topological polar surface area (TPSA) is 66.8 Å². The van der Waals surface area contributed by atoms with Crippen molar-refractivity contribution in [3.05, 3.63) is 36.1 Å². The molecule has 0 saturated carbocycles. The van der Waals surface area contributed by atoms with Gasteiger partial charge in [-0.3, -0.25) is 0 Å². The molecule has 0 aliphatic rings. The summed E-state index contributed by atoms with van der Waals surface area (Å²) >= 11 is 0. The fourth-order valence-electron chi connectivity index (χ4n) is 1.44. The highest BCUT2D eigenvalue weighted by Crippen LogP contribution is 2.30. The summed E-state index contributed by atoms with van der Waals surface area (Å²) in [6.07, 6.45) is -1.46. The number of phenols is 1. The highest BCUT2D eigenvalue weighted by Gasteiger charge is 2.08. The summed E-state index contributed by atoms with van der Waals surface area (Å²) in [5.41, 5.74) is 0. The van der Waals surface area contributed by atoms with Crippen molar-refractivity contribution >= 4 is 16.9 Å². The van der Waals surface area contributed by atoms with Gasteiger partial charge in [-0.1, -0.05) is 0 Å². The SMILES string of the molecule is O=C(O)Oc1ccc2c(F)ccc(O)c2c1. The summed E-state index contributed by atoms with van der Waals surface area (Å²) in [5, 5.41) is 18.3. The van der Waals surface area contributed by atoms with E-state index in [9.17, 15) is 14.3 Å². The van der Waals surface area contributed by atoms with Gasteiger partial charge in [0.05, 0.1) is 0 Å². The van der Waals surface area contributed by atoms with E-state index in [0.717, 1.165) is 6.07 Å². The molecule has 0 aliphatic heterocycles. The molecule has 2 N–H and O–H groups in total. The highest BCUT2D eigenvalue weighted by atomic mass is 19.1. The minimum atomic E-state index is -1.46. The Morgan fingerprint density at radius 3 is 2.62 bits per heavy atom. The van der Waals surface area contributed by atoms with E-state index in [1.807, 2.05) is 0 Å². The Bertz CT molecular complexity index is 565. The molecule has 0 saturated heterocycles. The molecule has 2 rings (SSSR count). The molecule has 0 spiro atoms. The van der Waals surface area contributed by atoms with E-state index in [1.165, 1.54) is 24.3 Å². The molecule has 0 bridgehead atoms.